The summed E-state index contributed by atoms with van der Waals surface area (Å²) in [4.78, 5) is 27.8. The number of carbonyl (C=O) groups is 2. The van der Waals surface area contributed by atoms with E-state index in [0.717, 1.165) is 11.4 Å². The Morgan fingerprint density at radius 1 is 1.23 bits per heavy atom. The number of anilines is 1. The minimum Gasteiger partial charge on any atom is -0.346 e. The lowest BCUT2D eigenvalue weighted by molar-refractivity contribution is -0.121. The van der Waals surface area contributed by atoms with Gasteiger partial charge in [0.2, 0.25) is 11.8 Å². The lowest BCUT2D eigenvalue weighted by atomic mass is 10.1. The lowest BCUT2D eigenvalue weighted by Crippen LogP contribution is -2.27. The van der Waals surface area contributed by atoms with E-state index < -0.39 is 0 Å². The third kappa shape index (κ3) is 5.54. The second-order valence-corrected chi connectivity index (χ2v) is 6.41. The number of rotatable bonds is 8. The van der Waals surface area contributed by atoms with E-state index in [1.807, 2.05) is 32.9 Å². The van der Waals surface area contributed by atoms with Crippen molar-refractivity contribution in [3.05, 3.63) is 54.1 Å². The van der Waals surface area contributed by atoms with Crippen molar-refractivity contribution in [1.82, 2.24) is 20.5 Å². The predicted octanol–water partition coefficient (Wildman–Crippen LogP) is 2.86. The molecule has 7 heteroatoms. The Bertz CT molecular complexity index is 764. The van der Waals surface area contributed by atoms with Crippen molar-refractivity contribution in [1.29, 1.82) is 0 Å². The van der Waals surface area contributed by atoms with Gasteiger partial charge in [-0.1, -0.05) is 32.6 Å². The van der Waals surface area contributed by atoms with Gasteiger partial charge in [-0.15, -0.1) is 0 Å². The molecule has 1 atom stereocenters. The van der Waals surface area contributed by atoms with Crippen molar-refractivity contribution in [2.75, 3.05) is 5.32 Å². The topological polar surface area (TPSA) is 99.8 Å². The van der Waals surface area contributed by atoms with Crippen LogP contribution in [-0.2, 0) is 16.0 Å². The van der Waals surface area contributed by atoms with Crippen LogP contribution in [0.3, 0.4) is 0 Å². The van der Waals surface area contributed by atoms with E-state index in [1.54, 1.807) is 12.1 Å². The number of hydrogen-bond donors (Lipinski definition) is 3. The molecule has 0 aliphatic heterocycles. The van der Waals surface area contributed by atoms with E-state index in [4.69, 9.17) is 0 Å². The maximum absolute atomic E-state index is 12.2. The first-order valence-corrected chi connectivity index (χ1v) is 8.63. The SMILES string of the molecule is C=CC(=O)Nc1ccc(CCC(=O)NC(C)c2nc(C(C)C)n[nH]2)cc1. The van der Waals surface area contributed by atoms with Crippen LogP contribution in [0.1, 0.15) is 56.4 Å². The molecule has 2 rings (SSSR count). The van der Waals surface area contributed by atoms with E-state index in [2.05, 4.69) is 32.4 Å². The van der Waals surface area contributed by atoms with Gasteiger partial charge < -0.3 is 10.6 Å². The summed E-state index contributed by atoms with van der Waals surface area (Å²) in [6, 6.07) is 7.17. The van der Waals surface area contributed by atoms with Gasteiger partial charge in [0.1, 0.15) is 5.82 Å². The molecular formula is C19H25N5O2. The second kappa shape index (κ2) is 8.94. The Hall–Kier alpha value is -2.96. The number of H-pyrrole nitrogens is 1. The number of amides is 2. The Balaban J connectivity index is 1.82. The molecule has 0 radical (unpaired) electrons. The Kier molecular flexibility index (Phi) is 6.66. The highest BCUT2D eigenvalue weighted by Gasteiger charge is 2.15. The third-order valence-electron chi connectivity index (χ3n) is 3.87. The molecule has 26 heavy (non-hydrogen) atoms. The summed E-state index contributed by atoms with van der Waals surface area (Å²) in [5, 5.41) is 12.6. The number of nitrogens with one attached hydrogen (secondary N) is 3. The highest BCUT2D eigenvalue weighted by atomic mass is 16.2. The van der Waals surface area contributed by atoms with Gasteiger partial charge in [0.05, 0.1) is 6.04 Å². The van der Waals surface area contributed by atoms with E-state index in [0.29, 0.717) is 24.4 Å². The summed E-state index contributed by atoms with van der Waals surface area (Å²) in [6.45, 7) is 9.32. The fourth-order valence-corrected chi connectivity index (χ4v) is 2.33. The number of aromatic amines is 1. The van der Waals surface area contributed by atoms with Crippen LogP contribution in [0.5, 0.6) is 0 Å². The molecule has 138 valence electrons. The first-order valence-electron chi connectivity index (χ1n) is 8.63. The monoisotopic (exact) mass is 355 g/mol. The molecule has 0 fully saturated rings. The maximum atomic E-state index is 12.2. The van der Waals surface area contributed by atoms with Gasteiger partial charge in [-0.2, -0.15) is 5.10 Å². The van der Waals surface area contributed by atoms with Crippen LogP contribution in [0.15, 0.2) is 36.9 Å². The smallest absolute Gasteiger partial charge is 0.247 e. The largest absolute Gasteiger partial charge is 0.346 e. The Morgan fingerprint density at radius 2 is 1.92 bits per heavy atom. The molecule has 1 aromatic carbocycles. The number of aromatic nitrogens is 3. The molecule has 0 aliphatic rings. The predicted molar refractivity (Wildman–Crippen MR) is 101 cm³/mol. The number of nitrogens with zero attached hydrogens (tertiary/aromatic N) is 2. The Labute approximate surface area is 153 Å². The standard InChI is InChI=1S/C19H25N5O2/c1-5-16(25)21-15-9-6-14(7-10-15)8-11-17(26)20-13(4)19-22-18(12(2)3)23-24-19/h5-7,9-10,12-13H,1,8,11H2,2-4H3,(H,20,26)(H,21,25)(H,22,23,24). The number of carbonyl (C=O) groups excluding carboxylic acids is 2. The highest BCUT2D eigenvalue weighted by Crippen LogP contribution is 2.14. The summed E-state index contributed by atoms with van der Waals surface area (Å²) in [6.07, 6.45) is 2.20. The average molecular weight is 355 g/mol. The minimum absolute atomic E-state index is 0.0518. The highest BCUT2D eigenvalue weighted by molar-refractivity contribution is 5.98. The Morgan fingerprint density at radius 3 is 2.50 bits per heavy atom. The third-order valence-corrected chi connectivity index (χ3v) is 3.87. The van der Waals surface area contributed by atoms with Gasteiger partial charge in [-0.25, -0.2) is 4.98 Å². The molecular weight excluding hydrogens is 330 g/mol. The van der Waals surface area contributed by atoms with Gasteiger partial charge in [0.15, 0.2) is 5.82 Å². The lowest BCUT2D eigenvalue weighted by Gasteiger charge is -2.11. The summed E-state index contributed by atoms with van der Waals surface area (Å²) < 4.78 is 0. The molecule has 0 saturated carbocycles. The van der Waals surface area contributed by atoms with E-state index in [9.17, 15) is 9.59 Å². The van der Waals surface area contributed by atoms with Crippen molar-refractivity contribution in [2.24, 2.45) is 0 Å². The molecule has 2 aromatic rings. The van der Waals surface area contributed by atoms with Crippen LogP contribution in [0.2, 0.25) is 0 Å². The van der Waals surface area contributed by atoms with Gasteiger partial charge in [0, 0.05) is 18.0 Å². The normalized spacial score (nSPS) is 11.8. The number of hydrogen-bond acceptors (Lipinski definition) is 4. The van der Waals surface area contributed by atoms with Crippen LogP contribution in [0.4, 0.5) is 5.69 Å². The van der Waals surface area contributed by atoms with Crippen LogP contribution in [0.25, 0.3) is 0 Å². The molecule has 3 N–H and O–H groups in total. The molecule has 1 heterocycles. The van der Waals surface area contributed by atoms with E-state index in [-0.39, 0.29) is 23.8 Å². The average Bonchev–Trinajstić information content (AvgIpc) is 3.11. The zero-order valence-electron chi connectivity index (χ0n) is 15.4. The van der Waals surface area contributed by atoms with Crippen LogP contribution >= 0.6 is 0 Å². The quantitative estimate of drug-likeness (QED) is 0.634. The van der Waals surface area contributed by atoms with E-state index >= 15 is 0 Å². The molecule has 2 amide bonds. The molecule has 7 nitrogen and oxygen atoms in total. The van der Waals surface area contributed by atoms with Gasteiger partial charge >= 0.3 is 0 Å². The van der Waals surface area contributed by atoms with Gasteiger partial charge in [-0.05, 0) is 37.1 Å². The van der Waals surface area contributed by atoms with Crippen molar-refractivity contribution < 1.29 is 9.59 Å². The number of aryl methyl sites for hydroxylation is 1. The summed E-state index contributed by atoms with van der Waals surface area (Å²) in [5.41, 5.74) is 1.72. The molecule has 1 unspecified atom stereocenters. The van der Waals surface area contributed by atoms with Crippen LogP contribution < -0.4 is 10.6 Å². The fourth-order valence-electron chi connectivity index (χ4n) is 2.33. The van der Waals surface area contributed by atoms with Crippen LogP contribution in [0, 0.1) is 0 Å². The first kappa shape index (κ1) is 19.4. The number of benzene rings is 1. The van der Waals surface area contributed by atoms with Crippen molar-refractivity contribution >= 4 is 17.5 Å². The zero-order valence-corrected chi connectivity index (χ0v) is 15.4. The van der Waals surface area contributed by atoms with Crippen molar-refractivity contribution in [2.45, 2.75) is 45.6 Å². The maximum Gasteiger partial charge on any atom is 0.247 e. The second-order valence-electron chi connectivity index (χ2n) is 6.41. The summed E-state index contributed by atoms with van der Waals surface area (Å²) in [7, 11) is 0. The molecule has 0 spiro atoms. The van der Waals surface area contributed by atoms with Gasteiger partial charge in [0.25, 0.3) is 0 Å². The zero-order chi connectivity index (χ0) is 19.1. The van der Waals surface area contributed by atoms with Gasteiger partial charge in [-0.3, -0.25) is 14.7 Å². The van der Waals surface area contributed by atoms with E-state index in [1.165, 1.54) is 6.08 Å². The minimum atomic E-state index is -0.251. The molecule has 0 aliphatic carbocycles. The molecule has 1 aromatic heterocycles. The van der Waals surface area contributed by atoms with Crippen molar-refractivity contribution in [3.63, 3.8) is 0 Å². The van der Waals surface area contributed by atoms with Crippen LogP contribution in [-0.4, -0.2) is 27.0 Å². The fraction of sp³-hybridized carbons (Fsp3) is 0.368. The van der Waals surface area contributed by atoms with Crippen molar-refractivity contribution in [3.8, 4) is 0 Å². The summed E-state index contributed by atoms with van der Waals surface area (Å²) in [5.74, 6) is 1.33. The summed E-state index contributed by atoms with van der Waals surface area (Å²) >= 11 is 0. The molecule has 0 saturated heterocycles. The first-order chi connectivity index (χ1) is 12.4. The molecule has 0 bridgehead atoms.